The molecular formula is C13H18N4O. The maximum Gasteiger partial charge on any atom is 0.228 e. The first-order valence-corrected chi connectivity index (χ1v) is 6.29. The summed E-state index contributed by atoms with van der Waals surface area (Å²) in [6.45, 7) is 6.18. The zero-order valence-corrected chi connectivity index (χ0v) is 10.9. The van der Waals surface area contributed by atoms with Crippen LogP contribution in [0.2, 0.25) is 0 Å². The fourth-order valence-corrected chi connectivity index (χ4v) is 2.05. The first-order chi connectivity index (χ1) is 8.69. The monoisotopic (exact) mass is 246 g/mol. The van der Waals surface area contributed by atoms with E-state index in [0.29, 0.717) is 5.88 Å². The average Bonchev–Trinajstić information content (AvgIpc) is 2.36. The molecule has 0 saturated carbocycles. The maximum absolute atomic E-state index is 8.52. The number of aromatic nitrogens is 2. The molecule has 0 N–H and O–H groups in total. The van der Waals surface area contributed by atoms with Gasteiger partial charge in [0.1, 0.15) is 6.07 Å². The Balaban J connectivity index is 2.12. The highest BCUT2D eigenvalue weighted by Crippen LogP contribution is 2.22. The Morgan fingerprint density at radius 1 is 1.44 bits per heavy atom. The van der Waals surface area contributed by atoms with Crippen LogP contribution >= 0.6 is 0 Å². The van der Waals surface area contributed by atoms with Crippen LogP contribution in [-0.4, -0.2) is 29.7 Å². The van der Waals surface area contributed by atoms with Gasteiger partial charge in [0, 0.05) is 24.8 Å². The Hall–Kier alpha value is -1.83. The molecular weight excluding hydrogens is 228 g/mol. The van der Waals surface area contributed by atoms with Gasteiger partial charge in [-0.3, -0.25) is 0 Å². The predicted molar refractivity (Wildman–Crippen MR) is 68.5 cm³/mol. The summed E-state index contributed by atoms with van der Waals surface area (Å²) in [5, 5.41) is 8.52. The number of anilines is 1. The molecule has 0 aromatic carbocycles. The molecule has 1 aliphatic heterocycles. The summed E-state index contributed by atoms with van der Waals surface area (Å²) in [4.78, 5) is 11.0. The lowest BCUT2D eigenvalue weighted by Gasteiger charge is -2.30. The second-order valence-electron chi connectivity index (χ2n) is 4.76. The summed E-state index contributed by atoms with van der Waals surface area (Å²) >= 11 is 0. The third-order valence-electron chi connectivity index (χ3n) is 3.17. The van der Waals surface area contributed by atoms with Gasteiger partial charge in [-0.1, -0.05) is 6.92 Å². The Labute approximate surface area is 107 Å². The van der Waals surface area contributed by atoms with E-state index in [0.717, 1.165) is 30.6 Å². The molecule has 2 heterocycles. The van der Waals surface area contributed by atoms with Crippen LogP contribution < -0.4 is 9.64 Å². The van der Waals surface area contributed by atoms with E-state index in [4.69, 9.17) is 10.00 Å². The van der Waals surface area contributed by atoms with Crippen LogP contribution in [0.1, 0.15) is 25.5 Å². The van der Waals surface area contributed by atoms with E-state index >= 15 is 0 Å². The van der Waals surface area contributed by atoms with E-state index in [2.05, 4.69) is 21.8 Å². The van der Waals surface area contributed by atoms with Crippen LogP contribution in [0.5, 0.6) is 5.88 Å². The van der Waals surface area contributed by atoms with E-state index in [9.17, 15) is 0 Å². The molecule has 5 heteroatoms. The number of rotatable bonds is 3. The Morgan fingerprint density at radius 3 is 2.83 bits per heavy atom. The van der Waals surface area contributed by atoms with E-state index in [1.165, 1.54) is 12.8 Å². The molecule has 1 fully saturated rings. The number of ether oxygens (including phenoxy) is 1. The zero-order chi connectivity index (χ0) is 13.0. The zero-order valence-electron chi connectivity index (χ0n) is 10.9. The number of hydrogen-bond acceptors (Lipinski definition) is 5. The molecule has 1 saturated heterocycles. The van der Waals surface area contributed by atoms with E-state index < -0.39 is 0 Å². The fourth-order valence-electron chi connectivity index (χ4n) is 2.05. The summed E-state index contributed by atoms with van der Waals surface area (Å²) in [6, 6.07) is 3.70. The lowest BCUT2D eigenvalue weighted by molar-refractivity contribution is 0.351. The van der Waals surface area contributed by atoms with Gasteiger partial charge in [-0.15, -0.1) is 0 Å². The highest BCUT2D eigenvalue weighted by atomic mass is 16.5. The number of piperidine rings is 1. The molecule has 96 valence electrons. The molecule has 0 unspecified atom stereocenters. The molecule has 0 aliphatic carbocycles. The van der Waals surface area contributed by atoms with Crippen LogP contribution in [0, 0.1) is 24.2 Å². The molecule has 0 bridgehead atoms. The normalized spacial score (nSPS) is 16.4. The third-order valence-corrected chi connectivity index (χ3v) is 3.17. The van der Waals surface area contributed by atoms with Crippen molar-refractivity contribution in [1.82, 2.24) is 9.97 Å². The minimum Gasteiger partial charge on any atom is -0.462 e. The first-order valence-electron chi connectivity index (χ1n) is 6.29. The standard InChI is InChI=1S/C13H18N4O/c1-10-3-6-17(7-4-10)13-15-11(2)9-12(16-13)18-8-5-14/h9-10H,3-4,6-8H2,1-2H3. The molecule has 0 radical (unpaired) electrons. The largest absolute Gasteiger partial charge is 0.462 e. The van der Waals surface area contributed by atoms with Gasteiger partial charge in [0.25, 0.3) is 0 Å². The molecule has 18 heavy (non-hydrogen) atoms. The summed E-state index contributed by atoms with van der Waals surface area (Å²) in [5.41, 5.74) is 0.867. The highest BCUT2D eigenvalue weighted by Gasteiger charge is 2.18. The van der Waals surface area contributed by atoms with Crippen molar-refractivity contribution in [3.63, 3.8) is 0 Å². The van der Waals surface area contributed by atoms with Crippen LogP contribution in [0.15, 0.2) is 6.07 Å². The van der Waals surface area contributed by atoms with Gasteiger partial charge < -0.3 is 9.64 Å². The summed E-state index contributed by atoms with van der Waals surface area (Å²) < 4.78 is 5.25. The molecule has 1 aromatic rings. The summed E-state index contributed by atoms with van der Waals surface area (Å²) in [6.07, 6.45) is 2.34. The molecule has 1 aromatic heterocycles. The smallest absolute Gasteiger partial charge is 0.228 e. The minimum atomic E-state index is 0.0208. The quantitative estimate of drug-likeness (QED) is 0.815. The van der Waals surface area contributed by atoms with Gasteiger partial charge in [-0.05, 0) is 25.7 Å². The fraction of sp³-hybridized carbons (Fsp3) is 0.615. The number of hydrogen-bond donors (Lipinski definition) is 0. The van der Waals surface area contributed by atoms with E-state index in [-0.39, 0.29) is 6.61 Å². The van der Waals surface area contributed by atoms with E-state index in [1.807, 2.05) is 13.0 Å². The van der Waals surface area contributed by atoms with Crippen molar-refractivity contribution in [3.8, 4) is 11.9 Å². The van der Waals surface area contributed by atoms with Crippen LogP contribution in [0.25, 0.3) is 0 Å². The number of nitriles is 1. The van der Waals surface area contributed by atoms with Crippen molar-refractivity contribution in [2.24, 2.45) is 5.92 Å². The summed E-state index contributed by atoms with van der Waals surface area (Å²) in [5.74, 6) is 1.98. The minimum absolute atomic E-state index is 0.0208. The Bertz CT molecular complexity index is 447. The van der Waals surface area contributed by atoms with Gasteiger partial charge in [0.05, 0.1) is 0 Å². The molecule has 0 atom stereocenters. The number of aryl methyl sites for hydroxylation is 1. The lowest BCUT2D eigenvalue weighted by Crippen LogP contribution is -2.34. The van der Waals surface area contributed by atoms with Crippen LogP contribution in [0.4, 0.5) is 5.95 Å². The van der Waals surface area contributed by atoms with Gasteiger partial charge in [0.15, 0.2) is 6.61 Å². The summed E-state index contributed by atoms with van der Waals surface area (Å²) in [7, 11) is 0. The second-order valence-corrected chi connectivity index (χ2v) is 4.76. The second kappa shape index (κ2) is 5.67. The first kappa shape index (κ1) is 12.6. The third kappa shape index (κ3) is 3.10. The maximum atomic E-state index is 8.52. The molecule has 0 amide bonds. The van der Waals surface area contributed by atoms with Crippen LogP contribution in [-0.2, 0) is 0 Å². The highest BCUT2D eigenvalue weighted by molar-refractivity contribution is 5.34. The van der Waals surface area contributed by atoms with Crippen molar-refractivity contribution in [2.45, 2.75) is 26.7 Å². The van der Waals surface area contributed by atoms with Crippen molar-refractivity contribution in [3.05, 3.63) is 11.8 Å². The average molecular weight is 246 g/mol. The van der Waals surface area contributed by atoms with Gasteiger partial charge in [-0.2, -0.15) is 10.2 Å². The Kier molecular flexibility index (Phi) is 3.98. The van der Waals surface area contributed by atoms with Crippen molar-refractivity contribution in [1.29, 1.82) is 5.26 Å². The van der Waals surface area contributed by atoms with Crippen LogP contribution in [0.3, 0.4) is 0 Å². The lowest BCUT2D eigenvalue weighted by atomic mass is 10.00. The molecule has 1 aliphatic rings. The van der Waals surface area contributed by atoms with Crippen molar-refractivity contribution < 1.29 is 4.74 Å². The van der Waals surface area contributed by atoms with Gasteiger partial charge >= 0.3 is 0 Å². The predicted octanol–water partition coefficient (Wildman–Crippen LogP) is 1.92. The SMILES string of the molecule is Cc1cc(OCC#N)nc(N2CCC(C)CC2)n1. The van der Waals surface area contributed by atoms with Crippen molar-refractivity contribution in [2.75, 3.05) is 24.6 Å². The number of nitrogens with zero attached hydrogens (tertiary/aromatic N) is 4. The van der Waals surface area contributed by atoms with Crippen molar-refractivity contribution >= 4 is 5.95 Å². The van der Waals surface area contributed by atoms with Gasteiger partial charge in [0.2, 0.25) is 11.8 Å². The molecule has 5 nitrogen and oxygen atoms in total. The topological polar surface area (TPSA) is 62.0 Å². The van der Waals surface area contributed by atoms with Gasteiger partial charge in [-0.25, -0.2) is 4.98 Å². The molecule has 0 spiro atoms. The Morgan fingerprint density at radius 2 is 2.17 bits per heavy atom. The molecule has 2 rings (SSSR count). The van der Waals surface area contributed by atoms with E-state index in [1.54, 1.807) is 6.07 Å².